The highest BCUT2D eigenvalue weighted by molar-refractivity contribution is 5.27. The molecule has 1 atom stereocenters. The van der Waals surface area contributed by atoms with Crippen LogP contribution in [0, 0.1) is 0 Å². The van der Waals surface area contributed by atoms with Crippen molar-refractivity contribution in [3.63, 3.8) is 0 Å². The predicted molar refractivity (Wildman–Crippen MR) is 97.0 cm³/mol. The third kappa shape index (κ3) is 4.38. The van der Waals surface area contributed by atoms with Crippen LogP contribution in [0.4, 0.5) is 0 Å². The van der Waals surface area contributed by atoms with E-state index in [1.165, 1.54) is 36.9 Å². The molecule has 4 heteroatoms. The monoisotopic (exact) mass is 327 g/mol. The number of benzene rings is 1. The van der Waals surface area contributed by atoms with Gasteiger partial charge in [-0.15, -0.1) is 0 Å². The molecule has 1 aromatic carbocycles. The summed E-state index contributed by atoms with van der Waals surface area (Å²) < 4.78 is 7.66. The molecule has 0 bridgehead atoms. The van der Waals surface area contributed by atoms with Crippen molar-refractivity contribution < 1.29 is 4.74 Å². The molecule has 1 aliphatic heterocycles. The van der Waals surface area contributed by atoms with Gasteiger partial charge in [0.1, 0.15) is 5.75 Å². The van der Waals surface area contributed by atoms with Crippen LogP contribution in [0.15, 0.2) is 36.5 Å². The second-order valence-electron chi connectivity index (χ2n) is 7.06. The van der Waals surface area contributed by atoms with Crippen LogP contribution in [0.5, 0.6) is 5.75 Å². The highest BCUT2D eigenvalue weighted by atomic mass is 16.5. The van der Waals surface area contributed by atoms with Gasteiger partial charge in [0.05, 0.1) is 17.8 Å². The molecule has 1 aliphatic rings. The lowest BCUT2D eigenvalue weighted by Crippen LogP contribution is -2.28. The van der Waals surface area contributed by atoms with E-state index in [4.69, 9.17) is 4.74 Å². The molecule has 0 N–H and O–H groups in total. The van der Waals surface area contributed by atoms with Crippen LogP contribution in [-0.4, -0.2) is 27.3 Å². The standard InChI is InChI=1S/C20H29N3O/c1-16(2)24-18-10-8-17(9-11-18)15-23-13-6-4-5-7-20(23)19-12-14-22(3)21-19/h8-12,14,16,20H,4-7,13,15H2,1-3H3/t20-/m1/s1. The van der Waals surface area contributed by atoms with E-state index in [9.17, 15) is 0 Å². The Labute approximate surface area is 145 Å². The predicted octanol–water partition coefficient (Wildman–Crippen LogP) is 4.32. The van der Waals surface area contributed by atoms with Crippen LogP contribution >= 0.6 is 0 Å². The number of ether oxygens (including phenoxy) is 1. The van der Waals surface area contributed by atoms with Gasteiger partial charge < -0.3 is 4.74 Å². The second kappa shape index (κ2) is 7.84. The third-order valence-electron chi connectivity index (χ3n) is 4.62. The first-order chi connectivity index (χ1) is 11.6. The zero-order valence-corrected chi connectivity index (χ0v) is 15.1. The van der Waals surface area contributed by atoms with Gasteiger partial charge in [-0.3, -0.25) is 9.58 Å². The van der Waals surface area contributed by atoms with Gasteiger partial charge in [0, 0.05) is 19.8 Å². The Kier molecular flexibility index (Phi) is 5.56. The zero-order chi connectivity index (χ0) is 16.9. The molecule has 24 heavy (non-hydrogen) atoms. The van der Waals surface area contributed by atoms with Gasteiger partial charge in [-0.05, 0) is 57.0 Å². The van der Waals surface area contributed by atoms with Gasteiger partial charge in [0.25, 0.3) is 0 Å². The fourth-order valence-corrected chi connectivity index (χ4v) is 3.48. The first-order valence-corrected chi connectivity index (χ1v) is 9.11. The van der Waals surface area contributed by atoms with E-state index in [2.05, 4.69) is 60.4 Å². The Morgan fingerprint density at radius 2 is 1.92 bits per heavy atom. The molecule has 1 aromatic heterocycles. The Balaban J connectivity index is 1.72. The molecule has 0 amide bonds. The number of aromatic nitrogens is 2. The normalized spacial score (nSPS) is 19.4. The van der Waals surface area contributed by atoms with Gasteiger partial charge in [0.15, 0.2) is 0 Å². The number of aryl methyl sites for hydroxylation is 1. The van der Waals surface area contributed by atoms with Gasteiger partial charge in [-0.1, -0.05) is 25.0 Å². The van der Waals surface area contributed by atoms with Crippen LogP contribution in [-0.2, 0) is 13.6 Å². The van der Waals surface area contributed by atoms with Crippen LogP contribution < -0.4 is 4.74 Å². The number of hydrogen-bond donors (Lipinski definition) is 0. The van der Waals surface area contributed by atoms with E-state index in [1.54, 1.807) is 0 Å². The molecule has 130 valence electrons. The lowest BCUT2D eigenvalue weighted by Gasteiger charge is -2.28. The lowest BCUT2D eigenvalue weighted by atomic mass is 10.1. The summed E-state index contributed by atoms with van der Waals surface area (Å²) in [5.74, 6) is 0.950. The molecule has 3 rings (SSSR count). The minimum atomic E-state index is 0.218. The smallest absolute Gasteiger partial charge is 0.119 e. The summed E-state index contributed by atoms with van der Waals surface area (Å²) in [6.07, 6.45) is 7.36. The molecule has 1 saturated heterocycles. The van der Waals surface area contributed by atoms with E-state index >= 15 is 0 Å². The first-order valence-electron chi connectivity index (χ1n) is 9.11. The van der Waals surface area contributed by atoms with E-state index in [1.807, 2.05) is 11.7 Å². The SMILES string of the molecule is CC(C)Oc1ccc(CN2CCCCC[C@@H]2c2ccn(C)n2)cc1. The summed E-state index contributed by atoms with van der Waals surface area (Å²) in [4.78, 5) is 2.59. The molecule has 4 nitrogen and oxygen atoms in total. The summed E-state index contributed by atoms with van der Waals surface area (Å²) in [6.45, 7) is 6.24. The summed E-state index contributed by atoms with van der Waals surface area (Å²) in [7, 11) is 2.00. The van der Waals surface area contributed by atoms with Crippen LogP contribution in [0.1, 0.15) is 56.8 Å². The van der Waals surface area contributed by atoms with Crippen molar-refractivity contribution in [1.82, 2.24) is 14.7 Å². The van der Waals surface area contributed by atoms with E-state index in [-0.39, 0.29) is 6.10 Å². The van der Waals surface area contributed by atoms with E-state index < -0.39 is 0 Å². The molecule has 0 spiro atoms. The highest BCUT2D eigenvalue weighted by Crippen LogP contribution is 2.30. The average Bonchev–Trinajstić information content (AvgIpc) is 2.84. The minimum absolute atomic E-state index is 0.218. The van der Waals surface area contributed by atoms with Crippen LogP contribution in [0.25, 0.3) is 0 Å². The van der Waals surface area contributed by atoms with E-state index in [0.717, 1.165) is 18.8 Å². The van der Waals surface area contributed by atoms with Crippen LogP contribution in [0.2, 0.25) is 0 Å². The Bertz CT molecular complexity index is 633. The van der Waals surface area contributed by atoms with Crippen molar-refractivity contribution in [2.24, 2.45) is 7.05 Å². The third-order valence-corrected chi connectivity index (χ3v) is 4.62. The first kappa shape index (κ1) is 17.0. The molecule has 0 unspecified atom stereocenters. The van der Waals surface area contributed by atoms with Crippen LogP contribution in [0.3, 0.4) is 0 Å². The van der Waals surface area contributed by atoms with Crippen molar-refractivity contribution >= 4 is 0 Å². The Morgan fingerprint density at radius 3 is 2.58 bits per heavy atom. The highest BCUT2D eigenvalue weighted by Gasteiger charge is 2.24. The second-order valence-corrected chi connectivity index (χ2v) is 7.06. The lowest BCUT2D eigenvalue weighted by molar-refractivity contribution is 0.188. The zero-order valence-electron chi connectivity index (χ0n) is 15.1. The van der Waals surface area contributed by atoms with Gasteiger partial charge in [-0.25, -0.2) is 0 Å². The van der Waals surface area contributed by atoms with Gasteiger partial charge in [-0.2, -0.15) is 5.10 Å². The van der Waals surface area contributed by atoms with E-state index in [0.29, 0.717) is 6.04 Å². The largest absolute Gasteiger partial charge is 0.491 e. The molecule has 2 heterocycles. The number of hydrogen-bond acceptors (Lipinski definition) is 3. The summed E-state index contributed by atoms with van der Waals surface area (Å²) in [6, 6.07) is 11.2. The fourth-order valence-electron chi connectivity index (χ4n) is 3.48. The van der Waals surface area contributed by atoms with Gasteiger partial charge >= 0.3 is 0 Å². The average molecular weight is 327 g/mol. The molecule has 1 fully saturated rings. The fraction of sp³-hybridized carbons (Fsp3) is 0.550. The minimum Gasteiger partial charge on any atom is -0.491 e. The molecule has 0 aliphatic carbocycles. The Morgan fingerprint density at radius 1 is 1.12 bits per heavy atom. The van der Waals surface area contributed by atoms with Crippen molar-refractivity contribution in [2.45, 2.75) is 58.2 Å². The summed E-state index contributed by atoms with van der Waals surface area (Å²) in [5, 5.41) is 4.67. The molecular formula is C20H29N3O. The topological polar surface area (TPSA) is 30.3 Å². The summed E-state index contributed by atoms with van der Waals surface area (Å²) >= 11 is 0. The van der Waals surface area contributed by atoms with Crippen molar-refractivity contribution in [1.29, 1.82) is 0 Å². The molecular weight excluding hydrogens is 298 g/mol. The number of likely N-dealkylation sites (tertiary alicyclic amines) is 1. The molecule has 0 saturated carbocycles. The van der Waals surface area contributed by atoms with Crippen molar-refractivity contribution in [2.75, 3.05) is 6.54 Å². The number of rotatable bonds is 5. The maximum Gasteiger partial charge on any atom is 0.119 e. The maximum atomic E-state index is 5.75. The van der Waals surface area contributed by atoms with Crippen molar-refractivity contribution in [3.8, 4) is 5.75 Å². The van der Waals surface area contributed by atoms with Gasteiger partial charge in [0.2, 0.25) is 0 Å². The molecule has 0 radical (unpaired) electrons. The van der Waals surface area contributed by atoms with Crippen molar-refractivity contribution in [3.05, 3.63) is 47.8 Å². The maximum absolute atomic E-state index is 5.75. The Hall–Kier alpha value is -1.81. The quantitative estimate of drug-likeness (QED) is 0.819. The number of nitrogens with zero attached hydrogens (tertiary/aromatic N) is 3. The summed E-state index contributed by atoms with van der Waals surface area (Å²) in [5.41, 5.74) is 2.55. The molecule has 2 aromatic rings.